The molecule has 2 rings (SSSR count). The summed E-state index contributed by atoms with van der Waals surface area (Å²) in [6.07, 6.45) is 6.06. The smallest absolute Gasteiger partial charge is 0.328 e. The fraction of sp³-hybridized carbons (Fsp3) is 0.400. The third kappa shape index (κ3) is 4.39. The number of likely N-dealkylation sites (N-methyl/N-ethyl adjacent to an activating group) is 1. The van der Waals surface area contributed by atoms with E-state index >= 15 is 0 Å². The summed E-state index contributed by atoms with van der Waals surface area (Å²) < 4.78 is 5.50. The zero-order chi connectivity index (χ0) is 15.2. The number of carboxylic acid groups (broad SMARTS) is 1. The van der Waals surface area contributed by atoms with Gasteiger partial charge in [-0.25, -0.2) is 4.79 Å². The quantitative estimate of drug-likeness (QED) is 0.830. The predicted octanol–water partition coefficient (Wildman–Crippen LogP) is 1.43. The minimum atomic E-state index is -1.02. The van der Waals surface area contributed by atoms with Crippen LogP contribution in [0.2, 0.25) is 0 Å². The number of nitrogens with zero attached hydrogens (tertiary/aromatic N) is 2. The molecule has 1 aliphatic heterocycles. The minimum Gasteiger partial charge on any atom is -0.478 e. The number of carbonyl (C=O) groups is 2. The summed E-state index contributed by atoms with van der Waals surface area (Å²) in [5.74, 6) is -1.19. The highest BCUT2D eigenvalue weighted by Crippen LogP contribution is 2.14. The van der Waals surface area contributed by atoms with Crippen molar-refractivity contribution in [1.82, 2.24) is 9.88 Å². The largest absolute Gasteiger partial charge is 0.478 e. The standard InChI is InChI=1S/C15H18N2O4/c1-17(10-12-3-2-8-21-12)15(20)13-6-4-11(9-16-13)5-7-14(18)19/h4-7,9,12H,2-3,8,10H2,1H3,(H,18,19). The number of hydrogen-bond acceptors (Lipinski definition) is 4. The number of rotatable bonds is 5. The van der Waals surface area contributed by atoms with Gasteiger partial charge in [-0.05, 0) is 30.5 Å². The zero-order valence-corrected chi connectivity index (χ0v) is 11.9. The van der Waals surface area contributed by atoms with Gasteiger partial charge in [-0.2, -0.15) is 0 Å². The molecule has 21 heavy (non-hydrogen) atoms. The Labute approximate surface area is 123 Å². The van der Waals surface area contributed by atoms with E-state index in [2.05, 4.69) is 4.98 Å². The molecule has 6 heteroatoms. The van der Waals surface area contributed by atoms with Crippen molar-refractivity contribution in [2.45, 2.75) is 18.9 Å². The van der Waals surface area contributed by atoms with Crippen molar-refractivity contribution in [3.63, 3.8) is 0 Å². The molecule has 2 heterocycles. The zero-order valence-electron chi connectivity index (χ0n) is 11.9. The molecule has 1 unspecified atom stereocenters. The van der Waals surface area contributed by atoms with E-state index in [0.717, 1.165) is 25.5 Å². The second-order valence-electron chi connectivity index (χ2n) is 4.97. The SMILES string of the molecule is CN(CC1CCCO1)C(=O)c1ccc(C=CC(=O)O)cn1. The molecule has 0 aromatic carbocycles. The molecule has 0 saturated carbocycles. The molecule has 0 radical (unpaired) electrons. The first-order valence-electron chi connectivity index (χ1n) is 6.80. The van der Waals surface area contributed by atoms with Crippen molar-refractivity contribution in [2.24, 2.45) is 0 Å². The molecule has 112 valence electrons. The molecule has 0 aliphatic carbocycles. The van der Waals surface area contributed by atoms with Crippen molar-refractivity contribution < 1.29 is 19.4 Å². The number of aromatic nitrogens is 1. The van der Waals surface area contributed by atoms with E-state index in [0.29, 0.717) is 17.8 Å². The van der Waals surface area contributed by atoms with Crippen molar-refractivity contribution in [3.8, 4) is 0 Å². The molecule has 1 aliphatic rings. The fourth-order valence-corrected chi connectivity index (χ4v) is 2.17. The van der Waals surface area contributed by atoms with Crippen LogP contribution in [0.1, 0.15) is 28.9 Å². The maximum Gasteiger partial charge on any atom is 0.328 e. The second-order valence-corrected chi connectivity index (χ2v) is 4.97. The number of pyridine rings is 1. The first-order valence-corrected chi connectivity index (χ1v) is 6.80. The Morgan fingerprint density at radius 1 is 1.52 bits per heavy atom. The van der Waals surface area contributed by atoms with Gasteiger partial charge in [-0.15, -0.1) is 0 Å². The van der Waals surface area contributed by atoms with Crippen molar-refractivity contribution in [2.75, 3.05) is 20.2 Å². The molecule has 6 nitrogen and oxygen atoms in total. The van der Waals surface area contributed by atoms with Crippen molar-refractivity contribution in [1.29, 1.82) is 0 Å². The fourth-order valence-electron chi connectivity index (χ4n) is 2.17. The Bertz CT molecular complexity index is 533. The van der Waals surface area contributed by atoms with Crippen LogP contribution in [0.5, 0.6) is 0 Å². The molecular weight excluding hydrogens is 272 g/mol. The number of carbonyl (C=O) groups excluding carboxylic acids is 1. The summed E-state index contributed by atoms with van der Waals surface area (Å²) in [5.41, 5.74) is 0.971. The third-order valence-electron chi connectivity index (χ3n) is 3.27. The van der Waals surface area contributed by atoms with Gasteiger partial charge in [0.1, 0.15) is 5.69 Å². The molecule has 0 bridgehead atoms. The van der Waals surface area contributed by atoms with Crippen LogP contribution in [0.3, 0.4) is 0 Å². The summed E-state index contributed by atoms with van der Waals surface area (Å²) in [4.78, 5) is 28.3. The maximum atomic E-state index is 12.2. The lowest BCUT2D eigenvalue weighted by molar-refractivity contribution is -0.131. The van der Waals surface area contributed by atoms with Crippen LogP contribution in [0.25, 0.3) is 6.08 Å². The number of ether oxygens (including phenoxy) is 1. The van der Waals surface area contributed by atoms with Gasteiger partial charge >= 0.3 is 5.97 Å². The average molecular weight is 290 g/mol. The highest BCUT2D eigenvalue weighted by Gasteiger charge is 2.21. The Morgan fingerprint density at radius 3 is 2.90 bits per heavy atom. The minimum absolute atomic E-state index is 0.108. The Balaban J connectivity index is 1.96. The van der Waals surface area contributed by atoms with Gasteiger partial charge in [0.05, 0.1) is 6.10 Å². The van der Waals surface area contributed by atoms with Crippen LogP contribution in [0, 0.1) is 0 Å². The van der Waals surface area contributed by atoms with Crippen LogP contribution >= 0.6 is 0 Å². The third-order valence-corrected chi connectivity index (χ3v) is 3.27. The summed E-state index contributed by atoms with van der Waals surface area (Å²) >= 11 is 0. The van der Waals surface area contributed by atoms with E-state index in [9.17, 15) is 9.59 Å². The average Bonchev–Trinajstić information content (AvgIpc) is 2.97. The van der Waals surface area contributed by atoms with E-state index in [4.69, 9.17) is 9.84 Å². The Hall–Kier alpha value is -2.21. The Kier molecular flexibility index (Phi) is 5.05. The number of carboxylic acids is 1. The monoisotopic (exact) mass is 290 g/mol. The van der Waals surface area contributed by atoms with Gasteiger partial charge in [0.15, 0.2) is 0 Å². The van der Waals surface area contributed by atoms with E-state index < -0.39 is 5.97 Å². The van der Waals surface area contributed by atoms with Crippen LogP contribution in [-0.2, 0) is 9.53 Å². The van der Waals surface area contributed by atoms with Crippen molar-refractivity contribution >= 4 is 18.0 Å². The van der Waals surface area contributed by atoms with E-state index in [-0.39, 0.29) is 12.0 Å². The summed E-state index contributed by atoms with van der Waals surface area (Å²) in [6, 6.07) is 3.26. The second kappa shape index (κ2) is 6.99. The van der Waals surface area contributed by atoms with Crippen LogP contribution in [0.15, 0.2) is 24.4 Å². The highest BCUT2D eigenvalue weighted by atomic mass is 16.5. The van der Waals surface area contributed by atoms with Crippen LogP contribution in [0.4, 0.5) is 0 Å². The number of hydrogen-bond donors (Lipinski definition) is 1. The number of aliphatic carboxylic acids is 1. The maximum absolute atomic E-state index is 12.2. The van der Waals surface area contributed by atoms with Gasteiger partial charge in [0.25, 0.3) is 5.91 Å². The lowest BCUT2D eigenvalue weighted by Gasteiger charge is -2.20. The molecule has 1 aromatic heterocycles. The van der Waals surface area contributed by atoms with E-state index in [1.807, 2.05) is 0 Å². The first kappa shape index (κ1) is 15.2. The van der Waals surface area contributed by atoms with Gasteiger partial charge in [-0.1, -0.05) is 6.07 Å². The van der Waals surface area contributed by atoms with Gasteiger partial charge in [-0.3, -0.25) is 9.78 Å². The first-order chi connectivity index (χ1) is 10.1. The van der Waals surface area contributed by atoms with E-state index in [1.54, 1.807) is 24.1 Å². The number of amides is 1. The lowest BCUT2D eigenvalue weighted by atomic mass is 10.2. The lowest BCUT2D eigenvalue weighted by Crippen LogP contribution is -2.34. The molecule has 1 fully saturated rings. The van der Waals surface area contributed by atoms with Crippen molar-refractivity contribution in [3.05, 3.63) is 35.7 Å². The molecule has 1 saturated heterocycles. The summed E-state index contributed by atoms with van der Waals surface area (Å²) in [6.45, 7) is 1.32. The van der Waals surface area contributed by atoms with E-state index in [1.165, 1.54) is 12.3 Å². The highest BCUT2D eigenvalue weighted by molar-refractivity contribution is 5.92. The normalized spacial score (nSPS) is 18.0. The van der Waals surface area contributed by atoms with Crippen LogP contribution in [-0.4, -0.2) is 53.2 Å². The molecular formula is C15H18N2O4. The Morgan fingerprint density at radius 2 is 2.33 bits per heavy atom. The van der Waals surface area contributed by atoms with Crippen LogP contribution < -0.4 is 0 Å². The molecule has 1 atom stereocenters. The predicted molar refractivity (Wildman–Crippen MR) is 76.8 cm³/mol. The van der Waals surface area contributed by atoms with Gasteiger partial charge < -0.3 is 14.7 Å². The molecule has 0 spiro atoms. The summed E-state index contributed by atoms with van der Waals surface area (Å²) in [7, 11) is 1.73. The molecule has 1 amide bonds. The molecule has 1 aromatic rings. The van der Waals surface area contributed by atoms with Gasteiger partial charge in [0, 0.05) is 32.5 Å². The molecule has 1 N–H and O–H groups in total. The van der Waals surface area contributed by atoms with Gasteiger partial charge in [0.2, 0.25) is 0 Å². The summed E-state index contributed by atoms with van der Waals surface area (Å²) in [5, 5.41) is 8.55. The topological polar surface area (TPSA) is 79.7 Å².